The lowest BCUT2D eigenvalue weighted by Crippen LogP contribution is -2.32. The minimum Gasteiger partial charge on any atom is -0.550 e. The molecule has 0 spiro atoms. The average Bonchev–Trinajstić information content (AvgIpc) is 3.32. The number of aliphatic carboxylic acids is 1. The molecule has 0 amide bonds. The minimum atomic E-state index is -1.11. The van der Waals surface area contributed by atoms with Crippen molar-refractivity contribution in [1.82, 2.24) is 14.9 Å². The minimum absolute atomic E-state index is 0.123. The van der Waals surface area contributed by atoms with Crippen LogP contribution in [0.5, 0.6) is 5.75 Å². The Morgan fingerprint density at radius 2 is 2.07 bits per heavy atom. The highest BCUT2D eigenvalue weighted by Gasteiger charge is 2.29. The van der Waals surface area contributed by atoms with E-state index in [2.05, 4.69) is 10.2 Å². The second kappa shape index (κ2) is 7.53. The van der Waals surface area contributed by atoms with Crippen LogP contribution in [0, 0.1) is 0 Å². The van der Waals surface area contributed by atoms with E-state index in [9.17, 15) is 9.90 Å². The lowest BCUT2D eigenvalue weighted by Gasteiger charge is -2.22. The number of aromatic nitrogens is 3. The van der Waals surface area contributed by atoms with Gasteiger partial charge in [-0.15, -0.1) is 21.5 Å². The van der Waals surface area contributed by atoms with Crippen molar-refractivity contribution >= 4 is 34.8 Å². The number of carbonyl (C=O) groups excluding carboxylic acids is 1. The summed E-state index contributed by atoms with van der Waals surface area (Å²) in [4.78, 5) is 12.1. The van der Waals surface area contributed by atoms with Crippen LogP contribution in [0.1, 0.15) is 22.7 Å². The smallest absolute Gasteiger partial charge is 0.212 e. The molecule has 0 radical (unpaired) electrons. The fourth-order valence-corrected chi connectivity index (χ4v) is 4.72. The molecule has 0 aliphatic carbocycles. The molecule has 4 rings (SSSR count). The number of methoxy groups -OCH3 is 1. The summed E-state index contributed by atoms with van der Waals surface area (Å²) in [5, 5.41) is 26.5. The third-order valence-electron chi connectivity index (χ3n) is 4.08. The summed E-state index contributed by atoms with van der Waals surface area (Å²) in [6.07, 6.45) is 0.437. The normalized spacial score (nSPS) is 15.9. The Morgan fingerprint density at radius 1 is 1.26 bits per heavy atom. The summed E-state index contributed by atoms with van der Waals surface area (Å²) in [5.74, 6) is 0.382. The van der Waals surface area contributed by atoms with Gasteiger partial charge >= 0.3 is 0 Å². The van der Waals surface area contributed by atoms with Crippen LogP contribution in [0.4, 0.5) is 0 Å². The van der Waals surface area contributed by atoms with Gasteiger partial charge in [-0.1, -0.05) is 30.0 Å². The quantitative estimate of drug-likeness (QED) is 0.628. The van der Waals surface area contributed by atoms with Crippen molar-refractivity contribution in [1.29, 1.82) is 0 Å². The van der Waals surface area contributed by atoms with Crippen molar-refractivity contribution in [3.63, 3.8) is 0 Å². The molecule has 0 N–H and O–H groups in total. The van der Waals surface area contributed by atoms with Crippen molar-refractivity contribution in [3.8, 4) is 5.75 Å². The van der Waals surface area contributed by atoms with E-state index in [1.807, 2.05) is 41.8 Å². The first-order chi connectivity index (χ1) is 13.1. The largest absolute Gasteiger partial charge is 0.550 e. The number of fused-ring (bicyclic) bond motifs is 1. The van der Waals surface area contributed by atoms with Gasteiger partial charge in [-0.05, 0) is 29.1 Å². The number of ether oxygens (including phenoxy) is 1. The van der Waals surface area contributed by atoms with Gasteiger partial charge in [0.05, 0.1) is 22.9 Å². The van der Waals surface area contributed by atoms with Gasteiger partial charge < -0.3 is 14.6 Å². The van der Waals surface area contributed by atoms with Gasteiger partial charge in [0.25, 0.3) is 0 Å². The number of rotatable bonds is 6. The summed E-state index contributed by atoms with van der Waals surface area (Å²) >= 11 is 2.88. The Labute approximate surface area is 163 Å². The van der Waals surface area contributed by atoms with Crippen molar-refractivity contribution < 1.29 is 14.6 Å². The number of benzene rings is 1. The first kappa shape index (κ1) is 17.7. The van der Waals surface area contributed by atoms with Crippen LogP contribution in [0.15, 0.2) is 52.0 Å². The first-order valence-electron chi connectivity index (χ1n) is 8.20. The van der Waals surface area contributed by atoms with Gasteiger partial charge in [0.15, 0.2) is 5.82 Å². The molecule has 138 valence electrons. The number of hydrogen-bond acceptors (Lipinski definition) is 8. The summed E-state index contributed by atoms with van der Waals surface area (Å²) in [5.41, 5.74) is 1.77. The number of carboxylic acids is 1. The van der Waals surface area contributed by atoms with Crippen molar-refractivity contribution in [2.24, 2.45) is 5.10 Å². The number of carbonyl (C=O) groups is 1. The molecule has 3 heterocycles. The maximum absolute atomic E-state index is 11.2. The Bertz CT molecular complexity index is 981. The SMILES string of the molecule is COc1ccc(Cc2nnc3n2N=C(c2cccs2)[C@H](CC(=O)[O-])S3)cc1. The van der Waals surface area contributed by atoms with E-state index in [1.165, 1.54) is 23.1 Å². The van der Waals surface area contributed by atoms with Gasteiger partial charge in [-0.25, -0.2) is 0 Å². The van der Waals surface area contributed by atoms with Crippen LogP contribution in [0.25, 0.3) is 0 Å². The van der Waals surface area contributed by atoms with Crippen LogP contribution >= 0.6 is 23.1 Å². The van der Waals surface area contributed by atoms with E-state index in [-0.39, 0.29) is 11.7 Å². The Kier molecular flexibility index (Phi) is 4.95. The molecule has 0 saturated carbocycles. The molecule has 1 aromatic carbocycles. The highest BCUT2D eigenvalue weighted by Crippen LogP contribution is 2.33. The van der Waals surface area contributed by atoms with Gasteiger partial charge in [-0.2, -0.15) is 9.78 Å². The van der Waals surface area contributed by atoms with E-state index >= 15 is 0 Å². The van der Waals surface area contributed by atoms with Gasteiger partial charge in [0.2, 0.25) is 5.16 Å². The van der Waals surface area contributed by atoms with Crippen LogP contribution in [-0.2, 0) is 11.2 Å². The van der Waals surface area contributed by atoms with Crippen LogP contribution in [0.2, 0.25) is 0 Å². The molecule has 7 nitrogen and oxygen atoms in total. The van der Waals surface area contributed by atoms with E-state index in [0.717, 1.165) is 16.2 Å². The summed E-state index contributed by atoms with van der Waals surface area (Å²) in [7, 11) is 1.63. The second-order valence-electron chi connectivity index (χ2n) is 5.88. The number of nitrogens with zero attached hydrogens (tertiary/aromatic N) is 4. The molecule has 1 aliphatic heterocycles. The molecular weight excluding hydrogens is 384 g/mol. The Balaban J connectivity index is 1.67. The molecule has 0 saturated heterocycles. The topological polar surface area (TPSA) is 92.4 Å². The molecule has 0 unspecified atom stereocenters. The third kappa shape index (κ3) is 3.74. The third-order valence-corrected chi connectivity index (χ3v) is 6.12. The fourth-order valence-electron chi connectivity index (χ4n) is 2.78. The summed E-state index contributed by atoms with van der Waals surface area (Å²) in [6.45, 7) is 0. The predicted molar refractivity (Wildman–Crippen MR) is 101 cm³/mol. The van der Waals surface area contributed by atoms with Crippen LogP contribution in [0.3, 0.4) is 0 Å². The van der Waals surface area contributed by atoms with E-state index in [1.54, 1.807) is 11.8 Å². The molecule has 0 fully saturated rings. The molecule has 1 atom stereocenters. The lowest BCUT2D eigenvalue weighted by atomic mass is 10.1. The highest BCUT2D eigenvalue weighted by molar-refractivity contribution is 8.00. The average molecular weight is 399 g/mol. The number of thioether (sulfide) groups is 1. The number of hydrogen-bond donors (Lipinski definition) is 0. The van der Waals surface area contributed by atoms with Crippen molar-refractivity contribution in [3.05, 3.63) is 58.0 Å². The fraction of sp³-hybridized carbons (Fsp3) is 0.222. The van der Waals surface area contributed by atoms with Crippen molar-refractivity contribution in [2.75, 3.05) is 7.11 Å². The van der Waals surface area contributed by atoms with Crippen molar-refractivity contribution in [2.45, 2.75) is 23.2 Å². The van der Waals surface area contributed by atoms with Gasteiger partial charge in [-0.3, -0.25) is 0 Å². The zero-order chi connectivity index (χ0) is 18.8. The number of carboxylic acid groups (broad SMARTS) is 1. The molecule has 3 aromatic rings. The summed E-state index contributed by atoms with van der Waals surface area (Å²) < 4.78 is 6.89. The van der Waals surface area contributed by atoms with Crippen LogP contribution in [-0.4, -0.2) is 38.9 Å². The second-order valence-corrected chi connectivity index (χ2v) is 8.00. The van der Waals surface area contributed by atoms with Gasteiger partial charge in [0, 0.05) is 18.8 Å². The summed E-state index contributed by atoms with van der Waals surface area (Å²) in [6, 6.07) is 11.6. The molecular formula is C18H15N4O3S2-. The zero-order valence-corrected chi connectivity index (χ0v) is 16.0. The number of thiophene rings is 1. The standard InChI is InChI=1S/C18H16N4O3S2/c1-25-12-6-4-11(5-7-12)9-15-19-20-18-22(15)21-17(13-3-2-8-26-13)14(27-18)10-16(23)24/h2-8,14H,9-10H2,1H3,(H,23,24)/p-1/t14-/m0/s1. The first-order valence-corrected chi connectivity index (χ1v) is 9.96. The molecule has 2 aromatic heterocycles. The maximum atomic E-state index is 11.2. The van der Waals surface area contributed by atoms with E-state index in [4.69, 9.17) is 9.84 Å². The highest BCUT2D eigenvalue weighted by atomic mass is 32.2. The van der Waals surface area contributed by atoms with Crippen LogP contribution < -0.4 is 9.84 Å². The predicted octanol–water partition coefficient (Wildman–Crippen LogP) is 1.81. The molecule has 1 aliphatic rings. The lowest BCUT2D eigenvalue weighted by molar-refractivity contribution is -0.305. The molecule has 9 heteroatoms. The molecule has 27 heavy (non-hydrogen) atoms. The van der Waals surface area contributed by atoms with E-state index in [0.29, 0.717) is 23.1 Å². The monoisotopic (exact) mass is 399 g/mol. The van der Waals surface area contributed by atoms with E-state index < -0.39 is 5.97 Å². The maximum Gasteiger partial charge on any atom is 0.212 e. The Hall–Kier alpha value is -2.65. The zero-order valence-electron chi connectivity index (χ0n) is 14.4. The molecule has 0 bridgehead atoms. The Morgan fingerprint density at radius 3 is 2.74 bits per heavy atom. The van der Waals surface area contributed by atoms with Gasteiger partial charge in [0.1, 0.15) is 5.75 Å².